The van der Waals surface area contributed by atoms with Crippen molar-refractivity contribution in [1.82, 2.24) is 0 Å². The summed E-state index contributed by atoms with van der Waals surface area (Å²) in [6, 6.07) is 7.10. The predicted octanol–water partition coefficient (Wildman–Crippen LogP) is 4.39. The number of nitrogens with two attached hydrogens (primary N) is 1. The SMILES string of the molecule is Cc1sc(Br)cc1C(=O)c1ccc(Br)c(N)c1. The Labute approximate surface area is 120 Å². The highest BCUT2D eigenvalue weighted by atomic mass is 79.9. The van der Waals surface area contributed by atoms with E-state index in [4.69, 9.17) is 5.73 Å². The molecule has 0 aliphatic rings. The van der Waals surface area contributed by atoms with Gasteiger partial charge in [-0.05, 0) is 63.0 Å². The van der Waals surface area contributed by atoms with Crippen LogP contribution >= 0.6 is 43.2 Å². The fraction of sp³-hybridized carbons (Fsp3) is 0.0833. The van der Waals surface area contributed by atoms with Crippen LogP contribution in [0.4, 0.5) is 5.69 Å². The third-order valence-corrected chi connectivity index (χ3v) is 4.67. The van der Waals surface area contributed by atoms with Crippen LogP contribution in [0.2, 0.25) is 0 Å². The fourth-order valence-electron chi connectivity index (χ4n) is 1.51. The zero-order chi connectivity index (χ0) is 12.6. The Bertz CT molecular complexity index is 592. The lowest BCUT2D eigenvalue weighted by Gasteiger charge is -2.03. The second-order valence-electron chi connectivity index (χ2n) is 3.59. The number of nitrogen functional groups attached to an aromatic ring is 1. The number of anilines is 1. The summed E-state index contributed by atoms with van der Waals surface area (Å²) in [4.78, 5) is 13.3. The summed E-state index contributed by atoms with van der Waals surface area (Å²) in [7, 11) is 0. The molecule has 2 aromatic rings. The number of ketones is 1. The van der Waals surface area contributed by atoms with Gasteiger partial charge in [-0.2, -0.15) is 0 Å². The van der Waals surface area contributed by atoms with Crippen LogP contribution in [0.15, 0.2) is 32.5 Å². The summed E-state index contributed by atoms with van der Waals surface area (Å²) in [5, 5.41) is 0. The molecule has 0 unspecified atom stereocenters. The smallest absolute Gasteiger partial charge is 0.194 e. The molecule has 88 valence electrons. The molecule has 0 amide bonds. The first-order chi connectivity index (χ1) is 7.99. The van der Waals surface area contributed by atoms with Gasteiger partial charge in [0.25, 0.3) is 0 Å². The highest BCUT2D eigenvalue weighted by Gasteiger charge is 2.15. The molecule has 0 fully saturated rings. The standard InChI is InChI=1S/C12H9Br2NOS/c1-6-8(5-11(14)17-6)12(16)7-2-3-9(13)10(15)4-7/h2-5H,15H2,1H3. The summed E-state index contributed by atoms with van der Waals surface area (Å²) in [5.74, 6) is 0.00338. The van der Waals surface area contributed by atoms with E-state index in [1.54, 1.807) is 29.5 Å². The monoisotopic (exact) mass is 373 g/mol. The van der Waals surface area contributed by atoms with Crippen molar-refractivity contribution in [1.29, 1.82) is 0 Å². The van der Waals surface area contributed by atoms with Crippen LogP contribution in [0.5, 0.6) is 0 Å². The van der Waals surface area contributed by atoms with E-state index < -0.39 is 0 Å². The van der Waals surface area contributed by atoms with E-state index >= 15 is 0 Å². The molecule has 0 radical (unpaired) electrons. The molecule has 0 atom stereocenters. The van der Waals surface area contributed by atoms with E-state index in [2.05, 4.69) is 31.9 Å². The fourth-order valence-corrected chi connectivity index (χ4v) is 3.45. The summed E-state index contributed by atoms with van der Waals surface area (Å²) >= 11 is 8.25. The Morgan fingerprint density at radius 1 is 1.29 bits per heavy atom. The van der Waals surface area contributed by atoms with Crippen molar-refractivity contribution in [3.8, 4) is 0 Å². The minimum Gasteiger partial charge on any atom is -0.398 e. The molecular formula is C12H9Br2NOS. The van der Waals surface area contributed by atoms with Gasteiger partial charge in [0.15, 0.2) is 5.78 Å². The molecule has 2 N–H and O–H groups in total. The number of benzene rings is 1. The average Bonchev–Trinajstić information content (AvgIpc) is 2.61. The molecule has 0 saturated carbocycles. The summed E-state index contributed by atoms with van der Waals surface area (Å²) in [6.45, 7) is 1.94. The van der Waals surface area contributed by atoms with E-state index in [1.165, 1.54) is 0 Å². The third kappa shape index (κ3) is 2.61. The summed E-state index contributed by atoms with van der Waals surface area (Å²) < 4.78 is 1.76. The number of carbonyl (C=O) groups excluding carboxylic acids is 1. The predicted molar refractivity (Wildman–Crippen MR) is 78.7 cm³/mol. The maximum absolute atomic E-state index is 12.3. The molecule has 0 aliphatic carbocycles. The van der Waals surface area contributed by atoms with Crippen LogP contribution in [0.1, 0.15) is 20.8 Å². The van der Waals surface area contributed by atoms with Crippen LogP contribution in [0.3, 0.4) is 0 Å². The molecule has 0 spiro atoms. The van der Waals surface area contributed by atoms with Crippen LogP contribution in [-0.4, -0.2) is 5.78 Å². The number of thiophene rings is 1. The maximum atomic E-state index is 12.3. The van der Waals surface area contributed by atoms with Gasteiger partial charge in [-0.25, -0.2) is 0 Å². The average molecular weight is 375 g/mol. The zero-order valence-corrected chi connectivity index (χ0v) is 12.9. The van der Waals surface area contributed by atoms with Crippen molar-refractivity contribution >= 4 is 54.7 Å². The van der Waals surface area contributed by atoms with Gasteiger partial charge in [-0.3, -0.25) is 4.79 Å². The van der Waals surface area contributed by atoms with Crippen LogP contribution in [0.25, 0.3) is 0 Å². The molecule has 0 aliphatic heterocycles. The highest BCUT2D eigenvalue weighted by molar-refractivity contribution is 9.11. The number of aryl methyl sites for hydroxylation is 1. The topological polar surface area (TPSA) is 43.1 Å². The van der Waals surface area contributed by atoms with E-state index in [0.29, 0.717) is 11.3 Å². The van der Waals surface area contributed by atoms with E-state index in [9.17, 15) is 4.79 Å². The van der Waals surface area contributed by atoms with Crippen molar-refractivity contribution < 1.29 is 4.79 Å². The third-order valence-electron chi connectivity index (χ3n) is 2.39. The van der Waals surface area contributed by atoms with Crippen LogP contribution in [0, 0.1) is 6.92 Å². The first-order valence-electron chi connectivity index (χ1n) is 4.84. The normalized spacial score (nSPS) is 10.5. The lowest BCUT2D eigenvalue weighted by molar-refractivity contribution is 0.103. The van der Waals surface area contributed by atoms with E-state index in [0.717, 1.165) is 18.7 Å². The number of hydrogen-bond donors (Lipinski definition) is 1. The van der Waals surface area contributed by atoms with Gasteiger partial charge in [0.2, 0.25) is 0 Å². The molecular weight excluding hydrogens is 366 g/mol. The van der Waals surface area contributed by atoms with Crippen LogP contribution < -0.4 is 5.73 Å². The molecule has 1 aromatic carbocycles. The molecule has 0 bridgehead atoms. The van der Waals surface area contributed by atoms with Crippen molar-refractivity contribution in [2.24, 2.45) is 0 Å². The molecule has 0 saturated heterocycles. The largest absolute Gasteiger partial charge is 0.398 e. The molecule has 1 aromatic heterocycles. The minimum atomic E-state index is 0.00338. The van der Waals surface area contributed by atoms with Gasteiger partial charge < -0.3 is 5.73 Å². The Morgan fingerprint density at radius 2 is 2.00 bits per heavy atom. The van der Waals surface area contributed by atoms with Gasteiger partial charge in [0.1, 0.15) is 0 Å². The highest BCUT2D eigenvalue weighted by Crippen LogP contribution is 2.29. The first-order valence-corrected chi connectivity index (χ1v) is 7.25. The lowest BCUT2D eigenvalue weighted by atomic mass is 10.0. The van der Waals surface area contributed by atoms with Crippen molar-refractivity contribution in [2.45, 2.75) is 6.92 Å². The second kappa shape index (κ2) is 4.92. The number of hydrogen-bond acceptors (Lipinski definition) is 3. The number of rotatable bonds is 2. The summed E-state index contributed by atoms with van der Waals surface area (Å²) in [6.07, 6.45) is 0. The van der Waals surface area contributed by atoms with Crippen molar-refractivity contribution in [3.63, 3.8) is 0 Å². The first kappa shape index (κ1) is 12.8. The Kier molecular flexibility index (Phi) is 3.70. The lowest BCUT2D eigenvalue weighted by Crippen LogP contribution is -2.02. The Balaban J connectivity index is 2.44. The Morgan fingerprint density at radius 3 is 2.53 bits per heavy atom. The van der Waals surface area contributed by atoms with Crippen molar-refractivity contribution in [2.75, 3.05) is 5.73 Å². The molecule has 2 rings (SSSR count). The molecule has 17 heavy (non-hydrogen) atoms. The van der Waals surface area contributed by atoms with Gasteiger partial charge >= 0.3 is 0 Å². The number of halogens is 2. The quantitative estimate of drug-likeness (QED) is 0.625. The Hall–Kier alpha value is -0.650. The summed E-state index contributed by atoms with van der Waals surface area (Å²) in [5.41, 5.74) is 7.68. The van der Waals surface area contributed by atoms with E-state index in [1.807, 2.05) is 13.0 Å². The van der Waals surface area contributed by atoms with Crippen molar-refractivity contribution in [3.05, 3.63) is 48.5 Å². The van der Waals surface area contributed by atoms with Gasteiger partial charge in [0, 0.05) is 26.2 Å². The molecule has 1 heterocycles. The molecule has 2 nitrogen and oxygen atoms in total. The van der Waals surface area contributed by atoms with Gasteiger partial charge in [-0.1, -0.05) is 0 Å². The van der Waals surface area contributed by atoms with Gasteiger partial charge in [-0.15, -0.1) is 11.3 Å². The number of carbonyl (C=O) groups is 1. The van der Waals surface area contributed by atoms with Crippen LogP contribution in [-0.2, 0) is 0 Å². The zero-order valence-electron chi connectivity index (χ0n) is 8.96. The van der Waals surface area contributed by atoms with Gasteiger partial charge in [0.05, 0.1) is 3.79 Å². The maximum Gasteiger partial charge on any atom is 0.194 e. The molecule has 5 heteroatoms. The minimum absolute atomic E-state index is 0.00338. The second-order valence-corrected chi connectivity index (χ2v) is 7.08. The van der Waals surface area contributed by atoms with E-state index in [-0.39, 0.29) is 5.78 Å².